The van der Waals surface area contributed by atoms with Crippen LogP contribution in [-0.2, 0) is 11.8 Å². The predicted octanol–water partition coefficient (Wildman–Crippen LogP) is 2.41. The minimum Gasteiger partial charge on any atom is -0.345 e. The molecule has 3 N–H and O–H groups in total. The molecule has 150 valence electrons. The van der Waals surface area contributed by atoms with E-state index in [1.807, 2.05) is 19.2 Å². The van der Waals surface area contributed by atoms with Gasteiger partial charge < -0.3 is 9.88 Å². The Bertz CT molecular complexity index is 869. The van der Waals surface area contributed by atoms with Crippen molar-refractivity contribution in [1.82, 2.24) is 20.7 Å². The first-order valence-corrected chi connectivity index (χ1v) is 10.8. The van der Waals surface area contributed by atoms with Gasteiger partial charge in [-0.05, 0) is 59.5 Å². The van der Waals surface area contributed by atoms with Gasteiger partial charge in [0, 0.05) is 23.3 Å². The van der Waals surface area contributed by atoms with E-state index < -0.39 is 17.9 Å². The molecule has 3 amide bonds. The molecule has 0 aliphatic rings. The zero-order valence-electron chi connectivity index (χ0n) is 15.9. The number of hydrogen-bond acceptors (Lipinski definition) is 4. The van der Waals surface area contributed by atoms with Gasteiger partial charge >= 0.3 is 0 Å². The second-order valence-electron chi connectivity index (χ2n) is 6.27. The molecule has 2 rings (SSSR count). The lowest BCUT2D eigenvalue weighted by molar-refractivity contribution is -0.123. The normalized spacial score (nSPS) is 11.6. The third-order valence-electron chi connectivity index (χ3n) is 4.02. The number of nitrogens with zero attached hydrogens (tertiary/aromatic N) is 1. The second kappa shape index (κ2) is 10.3. The first kappa shape index (κ1) is 22.0. The van der Waals surface area contributed by atoms with Gasteiger partial charge in [0.1, 0.15) is 11.7 Å². The third-order valence-corrected chi connectivity index (χ3v) is 5.09. The molecule has 0 aliphatic heterocycles. The predicted molar refractivity (Wildman–Crippen MR) is 114 cm³/mol. The average Bonchev–Trinajstić information content (AvgIpc) is 3.00. The summed E-state index contributed by atoms with van der Waals surface area (Å²) in [7, 11) is 1.73. The smallest absolute Gasteiger partial charge is 0.286 e. The molecule has 1 aromatic heterocycles. The molecule has 7 nitrogen and oxygen atoms in total. The van der Waals surface area contributed by atoms with Crippen LogP contribution in [-0.4, -0.2) is 40.3 Å². The number of aromatic nitrogens is 1. The van der Waals surface area contributed by atoms with Crippen molar-refractivity contribution >= 4 is 45.4 Å². The summed E-state index contributed by atoms with van der Waals surface area (Å²) in [4.78, 5) is 37.3. The topological polar surface area (TPSA) is 92.2 Å². The SMILES string of the molecule is CSCCC(NC(=O)c1cccc(C)c1)C(=O)NNC(=O)c1cc(Br)cn1C. The zero-order valence-corrected chi connectivity index (χ0v) is 18.3. The number of benzene rings is 1. The monoisotopic (exact) mass is 466 g/mol. The summed E-state index contributed by atoms with van der Waals surface area (Å²) in [6.07, 6.45) is 4.10. The van der Waals surface area contributed by atoms with Crippen LogP contribution in [0, 0.1) is 6.92 Å². The fourth-order valence-corrected chi connectivity index (χ4v) is 3.55. The zero-order chi connectivity index (χ0) is 20.7. The Morgan fingerprint density at radius 2 is 1.93 bits per heavy atom. The van der Waals surface area contributed by atoms with Crippen molar-refractivity contribution in [3.8, 4) is 0 Å². The lowest BCUT2D eigenvalue weighted by Crippen LogP contribution is -2.52. The highest BCUT2D eigenvalue weighted by Crippen LogP contribution is 2.13. The lowest BCUT2D eigenvalue weighted by Gasteiger charge is -2.18. The van der Waals surface area contributed by atoms with E-state index >= 15 is 0 Å². The summed E-state index contributed by atoms with van der Waals surface area (Å²) >= 11 is 4.87. The highest BCUT2D eigenvalue weighted by atomic mass is 79.9. The highest BCUT2D eigenvalue weighted by Gasteiger charge is 2.22. The fraction of sp³-hybridized carbons (Fsp3) is 0.316. The molecule has 0 saturated carbocycles. The Kier molecular flexibility index (Phi) is 8.13. The van der Waals surface area contributed by atoms with Gasteiger partial charge in [-0.25, -0.2) is 0 Å². The molecule has 1 heterocycles. The van der Waals surface area contributed by atoms with E-state index in [0.29, 0.717) is 23.4 Å². The van der Waals surface area contributed by atoms with Crippen molar-refractivity contribution in [2.75, 3.05) is 12.0 Å². The van der Waals surface area contributed by atoms with Crippen LogP contribution in [0.25, 0.3) is 0 Å². The molecule has 2 aromatic rings. The molecule has 28 heavy (non-hydrogen) atoms. The Labute approximate surface area is 176 Å². The molecule has 0 fully saturated rings. The molecule has 0 spiro atoms. The average molecular weight is 467 g/mol. The molecule has 0 radical (unpaired) electrons. The van der Waals surface area contributed by atoms with Crippen LogP contribution in [0.2, 0.25) is 0 Å². The van der Waals surface area contributed by atoms with Gasteiger partial charge in [-0.3, -0.25) is 25.2 Å². The van der Waals surface area contributed by atoms with Gasteiger partial charge in [0.25, 0.3) is 17.7 Å². The lowest BCUT2D eigenvalue weighted by atomic mass is 10.1. The summed E-state index contributed by atoms with van der Waals surface area (Å²) < 4.78 is 2.39. The molecule has 9 heteroatoms. The van der Waals surface area contributed by atoms with Crippen LogP contribution < -0.4 is 16.2 Å². The standard InChI is InChI=1S/C19H23BrN4O3S/c1-12-5-4-6-13(9-12)17(25)21-15(7-8-28-3)18(26)22-23-19(27)16-10-14(20)11-24(16)2/h4-6,9-11,15H,7-8H2,1-3H3,(H,21,25)(H,22,26)(H,23,27). The molecule has 1 unspecified atom stereocenters. The molecule has 1 aromatic carbocycles. The van der Waals surface area contributed by atoms with Crippen LogP contribution in [0.1, 0.15) is 32.8 Å². The van der Waals surface area contributed by atoms with E-state index in [-0.39, 0.29) is 5.91 Å². The highest BCUT2D eigenvalue weighted by molar-refractivity contribution is 9.10. The summed E-state index contributed by atoms with van der Waals surface area (Å²) in [6.45, 7) is 1.90. The van der Waals surface area contributed by atoms with E-state index in [1.54, 1.807) is 53.8 Å². The van der Waals surface area contributed by atoms with E-state index in [4.69, 9.17) is 0 Å². The molecular weight excluding hydrogens is 444 g/mol. The first-order chi connectivity index (χ1) is 13.3. The van der Waals surface area contributed by atoms with Crippen molar-refractivity contribution in [2.45, 2.75) is 19.4 Å². The summed E-state index contributed by atoms with van der Waals surface area (Å²) in [5, 5.41) is 2.75. The number of hydrogen-bond donors (Lipinski definition) is 3. The maximum atomic E-state index is 12.5. The van der Waals surface area contributed by atoms with Gasteiger partial charge in [-0.15, -0.1) is 0 Å². The number of halogens is 1. The maximum absolute atomic E-state index is 12.5. The minimum atomic E-state index is -0.763. The van der Waals surface area contributed by atoms with Gasteiger partial charge in [0.15, 0.2) is 0 Å². The Morgan fingerprint density at radius 3 is 2.54 bits per heavy atom. The molecule has 0 aliphatic carbocycles. The number of rotatable bonds is 7. The summed E-state index contributed by atoms with van der Waals surface area (Å²) in [5.74, 6) is -0.570. The van der Waals surface area contributed by atoms with Crippen molar-refractivity contribution in [3.05, 3.63) is 57.8 Å². The van der Waals surface area contributed by atoms with E-state index in [0.717, 1.165) is 10.0 Å². The summed E-state index contributed by atoms with van der Waals surface area (Å²) in [5.41, 5.74) is 6.63. The Hall–Kier alpha value is -2.26. The third kappa shape index (κ3) is 6.13. The largest absolute Gasteiger partial charge is 0.345 e. The second-order valence-corrected chi connectivity index (χ2v) is 8.18. The van der Waals surface area contributed by atoms with Gasteiger partial charge in [-0.2, -0.15) is 11.8 Å². The molecular formula is C19H23BrN4O3S. The number of thioether (sulfide) groups is 1. The van der Waals surface area contributed by atoms with Gasteiger partial charge in [0.2, 0.25) is 0 Å². The summed E-state index contributed by atoms with van der Waals surface area (Å²) in [6, 6.07) is 8.02. The number of hydrazine groups is 1. The van der Waals surface area contributed by atoms with Crippen LogP contribution in [0.15, 0.2) is 41.0 Å². The van der Waals surface area contributed by atoms with Crippen LogP contribution in [0.5, 0.6) is 0 Å². The van der Waals surface area contributed by atoms with E-state index in [2.05, 4.69) is 32.1 Å². The van der Waals surface area contributed by atoms with Crippen molar-refractivity contribution in [3.63, 3.8) is 0 Å². The van der Waals surface area contributed by atoms with Gasteiger partial charge in [-0.1, -0.05) is 17.7 Å². The van der Waals surface area contributed by atoms with E-state index in [1.165, 1.54) is 0 Å². The van der Waals surface area contributed by atoms with Crippen LogP contribution in [0.4, 0.5) is 0 Å². The number of nitrogens with one attached hydrogen (secondary N) is 3. The molecule has 0 saturated heterocycles. The van der Waals surface area contributed by atoms with Crippen molar-refractivity contribution in [2.24, 2.45) is 7.05 Å². The Morgan fingerprint density at radius 1 is 1.18 bits per heavy atom. The van der Waals surface area contributed by atoms with Crippen LogP contribution in [0.3, 0.4) is 0 Å². The first-order valence-electron chi connectivity index (χ1n) is 8.60. The number of amides is 3. The maximum Gasteiger partial charge on any atom is 0.286 e. The number of aryl methyl sites for hydroxylation is 2. The molecule has 0 bridgehead atoms. The quantitative estimate of drug-likeness (QED) is 0.546. The number of carbonyl (C=O) groups is 3. The number of carbonyl (C=O) groups excluding carboxylic acids is 3. The fourth-order valence-electron chi connectivity index (χ4n) is 2.55. The van der Waals surface area contributed by atoms with Gasteiger partial charge in [0.05, 0.1) is 0 Å². The van der Waals surface area contributed by atoms with Crippen molar-refractivity contribution < 1.29 is 14.4 Å². The van der Waals surface area contributed by atoms with Crippen LogP contribution >= 0.6 is 27.7 Å². The van der Waals surface area contributed by atoms with Crippen molar-refractivity contribution in [1.29, 1.82) is 0 Å². The minimum absolute atomic E-state index is 0.331. The van der Waals surface area contributed by atoms with E-state index in [9.17, 15) is 14.4 Å². The Balaban J connectivity index is 2.01. The molecule has 1 atom stereocenters.